The molecular formula is C23H44O3Si. The molecule has 0 aromatic carbocycles. The summed E-state index contributed by atoms with van der Waals surface area (Å²) < 4.78 is 11.7. The van der Waals surface area contributed by atoms with Gasteiger partial charge in [-0.3, -0.25) is 4.79 Å². The molecule has 0 N–H and O–H groups in total. The average Bonchev–Trinajstić information content (AvgIpc) is 2.55. The van der Waals surface area contributed by atoms with Gasteiger partial charge < -0.3 is 9.16 Å². The van der Waals surface area contributed by atoms with Gasteiger partial charge in [-0.1, -0.05) is 71.6 Å². The number of carbonyl (C=O) groups excluding carboxylic acids is 1. The number of carbonyl (C=O) groups is 1. The van der Waals surface area contributed by atoms with Gasteiger partial charge in [0.25, 0.3) is 0 Å². The Kier molecular flexibility index (Phi) is 12.9. The van der Waals surface area contributed by atoms with Crippen molar-refractivity contribution in [1.82, 2.24) is 0 Å². The van der Waals surface area contributed by atoms with Crippen LogP contribution in [0, 0.1) is 0 Å². The van der Waals surface area contributed by atoms with Crippen molar-refractivity contribution < 1.29 is 14.0 Å². The second-order valence-electron chi connectivity index (χ2n) is 8.92. The van der Waals surface area contributed by atoms with Gasteiger partial charge in [0.05, 0.1) is 19.1 Å². The topological polar surface area (TPSA) is 35.5 Å². The highest BCUT2D eigenvalue weighted by Gasteiger charge is 2.39. The second-order valence-corrected chi connectivity index (χ2v) is 13.7. The molecule has 158 valence electrons. The van der Waals surface area contributed by atoms with Gasteiger partial charge in [0, 0.05) is 0 Å². The van der Waals surface area contributed by atoms with Gasteiger partial charge in [-0.05, 0) is 50.4 Å². The van der Waals surface area contributed by atoms with E-state index in [1.54, 1.807) is 0 Å². The fourth-order valence-electron chi connectivity index (χ4n) is 2.49. The Hall–Kier alpha value is -0.873. The summed E-state index contributed by atoms with van der Waals surface area (Å²) in [6.07, 6.45) is 14.1. The maximum absolute atomic E-state index is 12.1. The molecule has 0 saturated carbocycles. The Balaban J connectivity index is 4.90. The number of hydrogen-bond donors (Lipinski definition) is 0. The van der Waals surface area contributed by atoms with Crippen molar-refractivity contribution in [3.63, 3.8) is 0 Å². The molecule has 0 amide bonds. The molecule has 0 rings (SSSR count). The maximum atomic E-state index is 12.1. The van der Waals surface area contributed by atoms with Gasteiger partial charge in [-0.25, -0.2) is 0 Å². The second kappa shape index (κ2) is 13.3. The highest BCUT2D eigenvalue weighted by atomic mass is 28.4. The highest BCUT2D eigenvalue weighted by molar-refractivity contribution is 6.74. The fourth-order valence-corrected chi connectivity index (χ4v) is 3.82. The third-order valence-electron chi connectivity index (χ3n) is 5.38. The van der Waals surface area contributed by atoms with Crippen molar-refractivity contribution in [1.29, 1.82) is 0 Å². The minimum Gasteiger partial charge on any atom is -0.466 e. The first-order valence-corrected chi connectivity index (χ1v) is 13.6. The predicted octanol–water partition coefficient (Wildman–Crippen LogP) is 7.19. The molecule has 0 heterocycles. The summed E-state index contributed by atoms with van der Waals surface area (Å²) in [6, 6.07) is 0. The van der Waals surface area contributed by atoms with E-state index in [9.17, 15) is 4.79 Å². The Morgan fingerprint density at radius 2 is 1.70 bits per heavy atom. The van der Waals surface area contributed by atoms with Crippen LogP contribution < -0.4 is 0 Å². The molecule has 0 aliphatic heterocycles. The molecule has 1 atom stereocenters. The van der Waals surface area contributed by atoms with Crippen molar-refractivity contribution in [2.24, 2.45) is 0 Å². The molecule has 0 fully saturated rings. The first kappa shape index (κ1) is 26.1. The van der Waals surface area contributed by atoms with Crippen molar-refractivity contribution in [3.05, 3.63) is 23.8 Å². The lowest BCUT2D eigenvalue weighted by molar-refractivity contribution is -0.144. The number of esters is 1. The summed E-state index contributed by atoms with van der Waals surface area (Å²) in [7, 11) is -1.97. The fraction of sp³-hybridized carbons (Fsp3) is 0.783. The Morgan fingerprint density at radius 3 is 2.26 bits per heavy atom. The van der Waals surface area contributed by atoms with E-state index in [0.717, 1.165) is 12.0 Å². The van der Waals surface area contributed by atoms with E-state index in [2.05, 4.69) is 65.9 Å². The molecule has 27 heavy (non-hydrogen) atoms. The van der Waals surface area contributed by atoms with Gasteiger partial charge in [0.15, 0.2) is 8.32 Å². The Bertz CT molecular complexity index is 473. The molecule has 0 aliphatic rings. The van der Waals surface area contributed by atoms with Crippen molar-refractivity contribution in [2.75, 3.05) is 6.61 Å². The van der Waals surface area contributed by atoms with E-state index in [0.29, 0.717) is 6.61 Å². The van der Waals surface area contributed by atoms with E-state index in [4.69, 9.17) is 9.16 Å². The maximum Gasteiger partial charge on any atom is 0.308 e. The molecule has 0 aliphatic carbocycles. The van der Waals surface area contributed by atoms with Gasteiger partial charge in [-0.15, -0.1) is 0 Å². The lowest BCUT2D eigenvalue weighted by Crippen LogP contribution is -2.44. The van der Waals surface area contributed by atoms with Crippen molar-refractivity contribution in [3.8, 4) is 0 Å². The zero-order chi connectivity index (χ0) is 20.9. The minimum atomic E-state index is -1.97. The van der Waals surface area contributed by atoms with Crippen LogP contribution in [0.4, 0.5) is 0 Å². The lowest BCUT2D eigenvalue weighted by Gasteiger charge is -2.39. The summed E-state index contributed by atoms with van der Waals surface area (Å²) in [4.78, 5) is 12.1. The summed E-state index contributed by atoms with van der Waals surface area (Å²) in [5.74, 6) is -0.186. The van der Waals surface area contributed by atoms with Crippen LogP contribution >= 0.6 is 0 Å². The molecule has 0 radical (unpaired) electrons. The van der Waals surface area contributed by atoms with Gasteiger partial charge in [0.2, 0.25) is 0 Å². The summed E-state index contributed by atoms with van der Waals surface area (Å²) >= 11 is 0. The van der Waals surface area contributed by atoms with E-state index in [-0.39, 0.29) is 23.5 Å². The molecule has 4 heteroatoms. The number of ether oxygens (including phenoxy) is 1. The van der Waals surface area contributed by atoms with Crippen LogP contribution in [0.2, 0.25) is 18.1 Å². The monoisotopic (exact) mass is 396 g/mol. The van der Waals surface area contributed by atoms with Crippen molar-refractivity contribution >= 4 is 14.3 Å². The minimum absolute atomic E-state index is 0.106. The molecule has 0 saturated heterocycles. The standard InChI is InChI=1S/C23H44O3Si/c1-9-11-12-13-14-15-16-17-18-20(3)21(19-22(24)25-10-2)26-27(7,8)23(4,5)6/h16-18,21H,9-15,19H2,1-8H3/b17-16+,20-18+. The molecule has 0 spiro atoms. The summed E-state index contributed by atoms with van der Waals surface area (Å²) in [5.41, 5.74) is 1.09. The number of allylic oxidation sites excluding steroid dienone is 3. The zero-order valence-corrected chi connectivity index (χ0v) is 20.2. The lowest BCUT2D eigenvalue weighted by atomic mass is 10.1. The molecule has 3 nitrogen and oxygen atoms in total. The van der Waals surface area contributed by atoms with Gasteiger partial charge in [0.1, 0.15) is 0 Å². The van der Waals surface area contributed by atoms with E-state index in [1.807, 2.05) is 6.92 Å². The summed E-state index contributed by atoms with van der Waals surface area (Å²) in [5, 5.41) is 0.106. The molecular weight excluding hydrogens is 352 g/mol. The first-order chi connectivity index (χ1) is 12.5. The van der Waals surface area contributed by atoms with E-state index >= 15 is 0 Å². The largest absolute Gasteiger partial charge is 0.466 e. The van der Waals surface area contributed by atoms with Crippen LogP contribution in [0.5, 0.6) is 0 Å². The molecule has 0 aromatic rings. The quantitative estimate of drug-likeness (QED) is 0.143. The number of unbranched alkanes of at least 4 members (excludes halogenated alkanes) is 5. The van der Waals surface area contributed by atoms with Crippen LogP contribution in [0.25, 0.3) is 0 Å². The normalized spacial score (nSPS) is 14.6. The van der Waals surface area contributed by atoms with Crippen LogP contribution in [0.3, 0.4) is 0 Å². The zero-order valence-electron chi connectivity index (χ0n) is 19.2. The van der Waals surface area contributed by atoms with E-state index in [1.165, 1.54) is 32.1 Å². The SMILES string of the molecule is CCCCCCC/C=C/C=C(\C)C(CC(=O)OCC)O[Si](C)(C)C(C)(C)C. The smallest absolute Gasteiger partial charge is 0.308 e. The van der Waals surface area contributed by atoms with Crippen LogP contribution in [-0.4, -0.2) is 27.0 Å². The summed E-state index contributed by atoms with van der Waals surface area (Å²) in [6.45, 7) is 17.7. The van der Waals surface area contributed by atoms with Crippen molar-refractivity contribution in [2.45, 2.75) is 111 Å². The van der Waals surface area contributed by atoms with Gasteiger partial charge >= 0.3 is 5.97 Å². The molecule has 1 unspecified atom stereocenters. The third-order valence-corrected chi connectivity index (χ3v) is 9.86. The first-order valence-electron chi connectivity index (χ1n) is 10.7. The Morgan fingerprint density at radius 1 is 1.07 bits per heavy atom. The highest BCUT2D eigenvalue weighted by Crippen LogP contribution is 2.38. The Labute approximate surface area is 169 Å². The van der Waals surface area contributed by atoms with E-state index < -0.39 is 8.32 Å². The van der Waals surface area contributed by atoms with Crippen LogP contribution in [0.15, 0.2) is 23.8 Å². The third kappa shape index (κ3) is 11.5. The number of hydrogen-bond acceptors (Lipinski definition) is 3. The van der Waals surface area contributed by atoms with Gasteiger partial charge in [-0.2, -0.15) is 0 Å². The average molecular weight is 397 g/mol. The van der Waals surface area contributed by atoms with Crippen LogP contribution in [-0.2, 0) is 14.0 Å². The van der Waals surface area contributed by atoms with Crippen LogP contribution in [0.1, 0.15) is 86.5 Å². The molecule has 0 bridgehead atoms. The number of rotatable bonds is 13. The molecule has 0 aromatic heterocycles. The predicted molar refractivity (Wildman–Crippen MR) is 120 cm³/mol.